The lowest BCUT2D eigenvalue weighted by Crippen LogP contribution is -2.39. The summed E-state index contributed by atoms with van der Waals surface area (Å²) in [6.07, 6.45) is 8.68. The van der Waals surface area contributed by atoms with E-state index in [1.165, 1.54) is 64.7 Å². The Morgan fingerprint density at radius 3 is 2.59 bits per heavy atom. The Morgan fingerprint density at radius 1 is 1.12 bits per heavy atom. The van der Waals surface area contributed by atoms with Gasteiger partial charge in [0.15, 0.2) is 0 Å². The van der Waals surface area contributed by atoms with Gasteiger partial charge in [0.25, 0.3) is 0 Å². The molecule has 2 heteroatoms. The summed E-state index contributed by atoms with van der Waals surface area (Å²) < 4.78 is 0. The number of likely N-dealkylation sites (tertiary alicyclic amines) is 1. The van der Waals surface area contributed by atoms with Gasteiger partial charge < -0.3 is 5.32 Å². The van der Waals surface area contributed by atoms with Crippen LogP contribution in [0, 0.1) is 11.8 Å². The maximum absolute atomic E-state index is 3.67. The van der Waals surface area contributed by atoms with Crippen LogP contribution in [0.4, 0.5) is 0 Å². The van der Waals surface area contributed by atoms with E-state index in [1.54, 1.807) is 0 Å². The first kappa shape index (κ1) is 13.4. The number of hydrogen-bond acceptors (Lipinski definition) is 2. The molecular formula is C15H30N2. The van der Waals surface area contributed by atoms with Crippen molar-refractivity contribution in [3.05, 3.63) is 0 Å². The van der Waals surface area contributed by atoms with E-state index >= 15 is 0 Å². The molecule has 1 saturated carbocycles. The Hall–Kier alpha value is -0.0800. The Morgan fingerprint density at radius 2 is 1.88 bits per heavy atom. The Labute approximate surface area is 107 Å². The summed E-state index contributed by atoms with van der Waals surface area (Å²) in [6.45, 7) is 9.79. The minimum atomic E-state index is 0.826. The molecule has 0 aromatic carbocycles. The predicted molar refractivity (Wildman–Crippen MR) is 74.3 cm³/mol. The van der Waals surface area contributed by atoms with Gasteiger partial charge in [0, 0.05) is 19.1 Å². The minimum Gasteiger partial charge on any atom is -0.315 e. The quantitative estimate of drug-likeness (QED) is 0.716. The zero-order valence-electron chi connectivity index (χ0n) is 11.8. The largest absolute Gasteiger partial charge is 0.315 e. The molecule has 0 bridgehead atoms. The van der Waals surface area contributed by atoms with E-state index < -0.39 is 0 Å². The molecule has 1 atom stereocenters. The molecule has 17 heavy (non-hydrogen) atoms. The normalized spacial score (nSPS) is 27.4. The van der Waals surface area contributed by atoms with E-state index in [4.69, 9.17) is 0 Å². The van der Waals surface area contributed by atoms with Crippen molar-refractivity contribution < 1.29 is 0 Å². The van der Waals surface area contributed by atoms with Crippen molar-refractivity contribution in [1.29, 1.82) is 0 Å². The number of nitrogens with zero attached hydrogens (tertiary/aromatic N) is 1. The van der Waals surface area contributed by atoms with Gasteiger partial charge in [-0.25, -0.2) is 0 Å². The zero-order valence-corrected chi connectivity index (χ0v) is 11.8. The standard InChI is InChI=1S/C15H30N2/c1-13(2)15-8-5-10-17(15)11-9-16-12-14-6-3-4-7-14/h13-16H,3-12H2,1-2H3. The molecule has 0 radical (unpaired) electrons. The highest BCUT2D eigenvalue weighted by Crippen LogP contribution is 2.24. The maximum atomic E-state index is 3.67. The Kier molecular flexibility index (Phi) is 5.30. The van der Waals surface area contributed by atoms with Crippen molar-refractivity contribution in [1.82, 2.24) is 10.2 Å². The van der Waals surface area contributed by atoms with E-state index in [2.05, 4.69) is 24.1 Å². The molecule has 1 N–H and O–H groups in total. The smallest absolute Gasteiger partial charge is 0.0119 e. The van der Waals surface area contributed by atoms with Gasteiger partial charge in [-0.05, 0) is 50.6 Å². The highest BCUT2D eigenvalue weighted by atomic mass is 15.2. The first-order chi connectivity index (χ1) is 8.27. The van der Waals surface area contributed by atoms with Crippen LogP contribution in [0.25, 0.3) is 0 Å². The van der Waals surface area contributed by atoms with Crippen LogP contribution in [0.15, 0.2) is 0 Å². The van der Waals surface area contributed by atoms with Gasteiger partial charge in [-0.15, -0.1) is 0 Å². The van der Waals surface area contributed by atoms with Crippen molar-refractivity contribution in [2.24, 2.45) is 11.8 Å². The summed E-state index contributed by atoms with van der Waals surface area (Å²) in [6, 6.07) is 0.850. The fourth-order valence-corrected chi connectivity index (χ4v) is 3.63. The molecule has 0 spiro atoms. The minimum absolute atomic E-state index is 0.826. The van der Waals surface area contributed by atoms with Crippen LogP contribution >= 0.6 is 0 Å². The third-order valence-electron chi connectivity index (χ3n) is 4.67. The number of rotatable bonds is 6. The van der Waals surface area contributed by atoms with Crippen molar-refractivity contribution in [2.75, 3.05) is 26.2 Å². The molecule has 0 aromatic heterocycles. The fraction of sp³-hybridized carbons (Fsp3) is 1.00. The second-order valence-corrected chi connectivity index (χ2v) is 6.34. The Balaban J connectivity index is 1.57. The maximum Gasteiger partial charge on any atom is 0.0119 e. The lowest BCUT2D eigenvalue weighted by atomic mass is 10.0. The summed E-state index contributed by atoms with van der Waals surface area (Å²) in [5, 5.41) is 3.67. The van der Waals surface area contributed by atoms with E-state index in [0.29, 0.717) is 0 Å². The molecule has 1 heterocycles. The summed E-state index contributed by atoms with van der Waals surface area (Å²) in [4.78, 5) is 2.70. The molecule has 2 fully saturated rings. The monoisotopic (exact) mass is 238 g/mol. The van der Waals surface area contributed by atoms with E-state index in [0.717, 1.165) is 17.9 Å². The molecule has 2 nitrogen and oxygen atoms in total. The van der Waals surface area contributed by atoms with E-state index in [9.17, 15) is 0 Å². The second kappa shape index (κ2) is 6.75. The van der Waals surface area contributed by atoms with Gasteiger partial charge in [0.05, 0.1) is 0 Å². The second-order valence-electron chi connectivity index (χ2n) is 6.34. The molecule has 1 aliphatic carbocycles. The summed E-state index contributed by atoms with van der Waals surface area (Å²) in [5.41, 5.74) is 0. The van der Waals surface area contributed by atoms with Gasteiger partial charge >= 0.3 is 0 Å². The average molecular weight is 238 g/mol. The molecule has 1 aliphatic heterocycles. The van der Waals surface area contributed by atoms with Crippen molar-refractivity contribution >= 4 is 0 Å². The van der Waals surface area contributed by atoms with Gasteiger partial charge in [-0.2, -0.15) is 0 Å². The molecule has 0 aromatic rings. The first-order valence-corrected chi connectivity index (χ1v) is 7.72. The fourth-order valence-electron chi connectivity index (χ4n) is 3.63. The van der Waals surface area contributed by atoms with E-state index in [1.807, 2.05) is 0 Å². The highest BCUT2D eigenvalue weighted by Gasteiger charge is 2.26. The van der Waals surface area contributed by atoms with Gasteiger partial charge in [0.2, 0.25) is 0 Å². The van der Waals surface area contributed by atoms with Crippen LogP contribution in [0.1, 0.15) is 52.4 Å². The van der Waals surface area contributed by atoms with Gasteiger partial charge in [-0.3, -0.25) is 4.90 Å². The van der Waals surface area contributed by atoms with Gasteiger partial charge in [0.1, 0.15) is 0 Å². The van der Waals surface area contributed by atoms with Crippen molar-refractivity contribution in [2.45, 2.75) is 58.4 Å². The zero-order chi connectivity index (χ0) is 12.1. The average Bonchev–Trinajstić information content (AvgIpc) is 2.95. The summed E-state index contributed by atoms with van der Waals surface area (Å²) in [5.74, 6) is 1.81. The third-order valence-corrected chi connectivity index (χ3v) is 4.67. The van der Waals surface area contributed by atoms with E-state index in [-0.39, 0.29) is 0 Å². The van der Waals surface area contributed by atoms with Crippen molar-refractivity contribution in [3.63, 3.8) is 0 Å². The third kappa shape index (κ3) is 3.96. The SMILES string of the molecule is CC(C)C1CCCN1CCNCC1CCCC1. The molecule has 2 aliphatic rings. The van der Waals surface area contributed by atoms with Gasteiger partial charge in [-0.1, -0.05) is 26.7 Å². The van der Waals surface area contributed by atoms with Crippen LogP contribution in [-0.4, -0.2) is 37.1 Å². The van der Waals surface area contributed by atoms with Crippen LogP contribution in [-0.2, 0) is 0 Å². The molecule has 100 valence electrons. The molecule has 2 rings (SSSR count). The first-order valence-electron chi connectivity index (χ1n) is 7.72. The predicted octanol–water partition coefficient (Wildman–Crippen LogP) is 2.89. The lowest BCUT2D eigenvalue weighted by Gasteiger charge is -2.27. The van der Waals surface area contributed by atoms with Crippen LogP contribution in [0.2, 0.25) is 0 Å². The Bertz CT molecular complexity index is 209. The van der Waals surface area contributed by atoms with Crippen LogP contribution in [0.5, 0.6) is 0 Å². The highest BCUT2D eigenvalue weighted by molar-refractivity contribution is 4.81. The van der Waals surface area contributed by atoms with Crippen molar-refractivity contribution in [3.8, 4) is 0 Å². The molecular weight excluding hydrogens is 208 g/mol. The molecule has 0 amide bonds. The number of hydrogen-bond donors (Lipinski definition) is 1. The lowest BCUT2D eigenvalue weighted by molar-refractivity contribution is 0.206. The van der Waals surface area contributed by atoms with Crippen LogP contribution in [0.3, 0.4) is 0 Å². The summed E-state index contributed by atoms with van der Waals surface area (Å²) in [7, 11) is 0. The molecule has 1 unspecified atom stereocenters. The summed E-state index contributed by atoms with van der Waals surface area (Å²) >= 11 is 0. The van der Waals surface area contributed by atoms with Crippen LogP contribution < -0.4 is 5.32 Å². The topological polar surface area (TPSA) is 15.3 Å². The molecule has 1 saturated heterocycles. The number of nitrogens with one attached hydrogen (secondary N) is 1.